The lowest BCUT2D eigenvalue weighted by Gasteiger charge is -2.13. The lowest BCUT2D eigenvalue weighted by molar-refractivity contribution is 0.195. The minimum atomic E-state index is 0.294. The molecule has 1 unspecified atom stereocenters. The van der Waals surface area contributed by atoms with Crippen molar-refractivity contribution < 1.29 is 4.74 Å². The van der Waals surface area contributed by atoms with E-state index in [4.69, 9.17) is 16.2 Å². The molecule has 26 heavy (non-hydrogen) atoms. The van der Waals surface area contributed by atoms with Gasteiger partial charge in [0, 0.05) is 6.61 Å². The molecular formula is C19H26N6O. The number of nitrogens with zero attached hydrogens (tertiary/aromatic N) is 2. The Kier molecular flexibility index (Phi) is 5.58. The van der Waals surface area contributed by atoms with E-state index in [0.717, 1.165) is 41.9 Å². The monoisotopic (exact) mass is 354 g/mol. The Hall–Kier alpha value is -2.80. The second kappa shape index (κ2) is 8.05. The summed E-state index contributed by atoms with van der Waals surface area (Å²) in [5.74, 6) is 1.45. The van der Waals surface area contributed by atoms with Crippen LogP contribution in [0.4, 0.5) is 11.5 Å². The molecule has 3 rings (SSSR count). The van der Waals surface area contributed by atoms with E-state index in [-0.39, 0.29) is 0 Å². The first kappa shape index (κ1) is 18.0. The van der Waals surface area contributed by atoms with Crippen LogP contribution in [0.25, 0.3) is 11.0 Å². The van der Waals surface area contributed by atoms with Gasteiger partial charge in [-0.25, -0.2) is 4.98 Å². The molecule has 138 valence electrons. The van der Waals surface area contributed by atoms with E-state index in [1.807, 2.05) is 30.5 Å². The Morgan fingerprint density at radius 3 is 2.88 bits per heavy atom. The molecule has 0 aromatic carbocycles. The van der Waals surface area contributed by atoms with Crippen molar-refractivity contribution in [1.29, 1.82) is 0 Å². The van der Waals surface area contributed by atoms with Gasteiger partial charge in [-0.05, 0) is 48.4 Å². The molecule has 0 spiro atoms. The van der Waals surface area contributed by atoms with Crippen LogP contribution in [0.5, 0.6) is 0 Å². The summed E-state index contributed by atoms with van der Waals surface area (Å²) in [5.41, 5.74) is 15.2. The molecule has 7 heteroatoms. The normalized spacial score (nSPS) is 18.5. The minimum Gasteiger partial charge on any atom is -0.404 e. The SMILES string of the molecule is CC(C)C(=C/N)/C=C(\N)Nc1ccc2ncc(NC3CCOC3)cc2n1. The number of fused-ring (bicyclic) bond motifs is 1. The molecule has 0 radical (unpaired) electrons. The summed E-state index contributed by atoms with van der Waals surface area (Å²) in [6.07, 6.45) is 6.22. The molecule has 0 saturated carbocycles. The highest BCUT2D eigenvalue weighted by Crippen LogP contribution is 2.20. The van der Waals surface area contributed by atoms with Crippen LogP contribution < -0.4 is 22.1 Å². The maximum absolute atomic E-state index is 6.07. The Labute approximate surface area is 153 Å². The first-order valence-corrected chi connectivity index (χ1v) is 8.82. The highest BCUT2D eigenvalue weighted by molar-refractivity contribution is 5.79. The van der Waals surface area contributed by atoms with Crippen molar-refractivity contribution >= 4 is 22.5 Å². The summed E-state index contributed by atoms with van der Waals surface area (Å²) in [4.78, 5) is 9.08. The molecule has 1 saturated heterocycles. The van der Waals surface area contributed by atoms with Crippen LogP contribution in [0.3, 0.4) is 0 Å². The van der Waals surface area contributed by atoms with E-state index in [1.165, 1.54) is 0 Å². The fraction of sp³-hybridized carbons (Fsp3) is 0.368. The second-order valence-electron chi connectivity index (χ2n) is 6.71. The minimum absolute atomic E-state index is 0.294. The fourth-order valence-electron chi connectivity index (χ4n) is 2.81. The van der Waals surface area contributed by atoms with Gasteiger partial charge < -0.3 is 26.8 Å². The summed E-state index contributed by atoms with van der Waals surface area (Å²) in [6, 6.07) is 6.09. The van der Waals surface area contributed by atoms with Gasteiger partial charge in [-0.1, -0.05) is 13.8 Å². The second-order valence-corrected chi connectivity index (χ2v) is 6.71. The van der Waals surface area contributed by atoms with Crippen LogP contribution in [-0.4, -0.2) is 29.2 Å². The van der Waals surface area contributed by atoms with E-state index >= 15 is 0 Å². The van der Waals surface area contributed by atoms with Crippen LogP contribution in [-0.2, 0) is 4.74 Å². The summed E-state index contributed by atoms with van der Waals surface area (Å²) < 4.78 is 5.40. The molecule has 1 aliphatic heterocycles. The highest BCUT2D eigenvalue weighted by atomic mass is 16.5. The van der Waals surface area contributed by atoms with Crippen molar-refractivity contribution in [2.45, 2.75) is 26.3 Å². The van der Waals surface area contributed by atoms with Crippen LogP contribution in [0.15, 0.2) is 48.1 Å². The van der Waals surface area contributed by atoms with E-state index < -0.39 is 0 Å². The fourth-order valence-corrected chi connectivity index (χ4v) is 2.81. The Bertz CT molecular complexity index is 824. The quantitative estimate of drug-likeness (QED) is 0.590. The van der Waals surface area contributed by atoms with Crippen molar-refractivity contribution in [1.82, 2.24) is 9.97 Å². The molecule has 2 aromatic rings. The third-order valence-electron chi connectivity index (χ3n) is 4.29. The van der Waals surface area contributed by atoms with Gasteiger partial charge in [-0.15, -0.1) is 0 Å². The number of allylic oxidation sites excluding steroid dienone is 2. The molecule has 3 heterocycles. The highest BCUT2D eigenvalue weighted by Gasteiger charge is 2.15. The average Bonchev–Trinajstić information content (AvgIpc) is 3.12. The Balaban J connectivity index is 1.77. The van der Waals surface area contributed by atoms with Crippen molar-refractivity contribution in [2.24, 2.45) is 17.4 Å². The van der Waals surface area contributed by atoms with E-state index in [9.17, 15) is 0 Å². The number of nitrogens with one attached hydrogen (secondary N) is 2. The van der Waals surface area contributed by atoms with Crippen molar-refractivity contribution in [2.75, 3.05) is 23.8 Å². The van der Waals surface area contributed by atoms with Gasteiger partial charge >= 0.3 is 0 Å². The van der Waals surface area contributed by atoms with Gasteiger partial charge in [0.1, 0.15) is 11.6 Å². The number of anilines is 2. The number of hydrogen-bond acceptors (Lipinski definition) is 7. The smallest absolute Gasteiger partial charge is 0.132 e. The van der Waals surface area contributed by atoms with Crippen LogP contribution in [0.1, 0.15) is 20.3 Å². The van der Waals surface area contributed by atoms with Gasteiger partial charge in [-0.2, -0.15) is 0 Å². The van der Waals surface area contributed by atoms with Crippen molar-refractivity contribution in [3.05, 3.63) is 48.1 Å². The van der Waals surface area contributed by atoms with E-state index in [1.54, 1.807) is 6.20 Å². The van der Waals surface area contributed by atoms with Gasteiger partial charge in [-0.3, -0.25) is 4.98 Å². The molecule has 2 aromatic heterocycles. The van der Waals surface area contributed by atoms with Gasteiger partial charge in [0.15, 0.2) is 0 Å². The average molecular weight is 354 g/mol. The maximum atomic E-state index is 6.07. The Morgan fingerprint density at radius 2 is 2.19 bits per heavy atom. The first-order chi connectivity index (χ1) is 12.5. The molecule has 6 N–H and O–H groups in total. The zero-order chi connectivity index (χ0) is 18.5. The predicted octanol–water partition coefficient (Wildman–Crippen LogP) is 2.54. The number of pyridine rings is 2. The van der Waals surface area contributed by atoms with Crippen molar-refractivity contribution in [3.63, 3.8) is 0 Å². The maximum Gasteiger partial charge on any atom is 0.132 e. The van der Waals surface area contributed by atoms with E-state index in [2.05, 4.69) is 34.4 Å². The van der Waals surface area contributed by atoms with Crippen molar-refractivity contribution in [3.8, 4) is 0 Å². The van der Waals surface area contributed by atoms with Gasteiger partial charge in [0.2, 0.25) is 0 Å². The number of nitrogens with two attached hydrogens (primary N) is 2. The number of hydrogen-bond donors (Lipinski definition) is 4. The van der Waals surface area contributed by atoms with Crippen LogP contribution in [0, 0.1) is 5.92 Å². The molecule has 0 aliphatic carbocycles. The molecule has 0 amide bonds. The first-order valence-electron chi connectivity index (χ1n) is 8.82. The summed E-state index contributed by atoms with van der Waals surface area (Å²) >= 11 is 0. The zero-order valence-electron chi connectivity index (χ0n) is 15.2. The standard InChI is InChI=1S/C19H26N6O/c1-12(2)13(9-20)7-18(21)25-19-4-3-16-17(24-19)8-15(10-22-16)23-14-5-6-26-11-14/h3-4,7-10,12,14,23H,5-6,11,20-21H2,1-2H3,(H,24,25)/b13-9+,18-7+. The summed E-state index contributed by atoms with van der Waals surface area (Å²) in [6.45, 7) is 5.64. The summed E-state index contributed by atoms with van der Waals surface area (Å²) in [5, 5.41) is 6.54. The van der Waals surface area contributed by atoms with Crippen LogP contribution in [0.2, 0.25) is 0 Å². The predicted molar refractivity (Wildman–Crippen MR) is 105 cm³/mol. The molecule has 1 atom stereocenters. The number of rotatable bonds is 6. The lowest BCUT2D eigenvalue weighted by atomic mass is 10.0. The van der Waals surface area contributed by atoms with E-state index in [0.29, 0.717) is 23.6 Å². The Morgan fingerprint density at radius 1 is 1.35 bits per heavy atom. The molecule has 1 fully saturated rings. The topological polar surface area (TPSA) is 111 Å². The molecule has 0 bridgehead atoms. The molecule has 1 aliphatic rings. The van der Waals surface area contributed by atoms with Crippen LogP contribution >= 0.6 is 0 Å². The molecular weight excluding hydrogens is 328 g/mol. The van der Waals surface area contributed by atoms with Gasteiger partial charge in [0.25, 0.3) is 0 Å². The summed E-state index contributed by atoms with van der Waals surface area (Å²) in [7, 11) is 0. The molecule has 7 nitrogen and oxygen atoms in total. The zero-order valence-corrected chi connectivity index (χ0v) is 15.2. The number of aromatic nitrogens is 2. The third-order valence-corrected chi connectivity index (χ3v) is 4.29. The third kappa shape index (κ3) is 4.43. The lowest BCUT2D eigenvalue weighted by Crippen LogP contribution is -2.18. The number of ether oxygens (including phenoxy) is 1. The van der Waals surface area contributed by atoms with Gasteiger partial charge in [0.05, 0.1) is 35.6 Å². The largest absolute Gasteiger partial charge is 0.404 e.